The van der Waals surface area contributed by atoms with Crippen molar-refractivity contribution in [2.24, 2.45) is 0 Å². The zero-order chi connectivity index (χ0) is 13.0. The van der Waals surface area contributed by atoms with Crippen molar-refractivity contribution in [3.63, 3.8) is 0 Å². The van der Waals surface area contributed by atoms with Crippen LogP contribution in [0.1, 0.15) is 43.4 Å². The van der Waals surface area contributed by atoms with Crippen LogP contribution in [0.4, 0.5) is 0 Å². The molecule has 0 radical (unpaired) electrons. The van der Waals surface area contributed by atoms with E-state index in [9.17, 15) is 0 Å². The van der Waals surface area contributed by atoms with Gasteiger partial charge in [0.25, 0.3) is 0 Å². The Bertz CT molecular complexity index is 352. The standard InChI is InChI=1S/C16H26N2/c1-4-5-13-6-8-14(9-7-13)16(18(2)3)12-17-15-10-11-15/h6-9,15-17H,4-5,10-12H2,1-3H3. The summed E-state index contributed by atoms with van der Waals surface area (Å²) in [4.78, 5) is 2.31. The number of rotatable bonds is 7. The first-order valence-corrected chi connectivity index (χ1v) is 7.19. The van der Waals surface area contributed by atoms with Gasteiger partial charge in [0, 0.05) is 18.6 Å². The first-order valence-electron chi connectivity index (χ1n) is 7.19. The molecule has 1 aromatic rings. The molecule has 0 heterocycles. The third-order valence-corrected chi connectivity index (χ3v) is 3.70. The van der Waals surface area contributed by atoms with E-state index in [0.717, 1.165) is 12.6 Å². The van der Waals surface area contributed by atoms with Gasteiger partial charge in [0.1, 0.15) is 0 Å². The van der Waals surface area contributed by atoms with Crippen LogP contribution < -0.4 is 5.32 Å². The van der Waals surface area contributed by atoms with Gasteiger partial charge in [-0.1, -0.05) is 37.6 Å². The van der Waals surface area contributed by atoms with E-state index >= 15 is 0 Å². The first kappa shape index (κ1) is 13.6. The monoisotopic (exact) mass is 246 g/mol. The summed E-state index contributed by atoms with van der Waals surface area (Å²) < 4.78 is 0. The van der Waals surface area contributed by atoms with Gasteiger partial charge in [-0.05, 0) is 44.5 Å². The van der Waals surface area contributed by atoms with Crippen molar-refractivity contribution < 1.29 is 0 Å². The molecule has 2 nitrogen and oxygen atoms in total. The molecule has 1 aliphatic carbocycles. The maximum absolute atomic E-state index is 3.63. The van der Waals surface area contributed by atoms with Crippen molar-refractivity contribution >= 4 is 0 Å². The van der Waals surface area contributed by atoms with Crippen LogP contribution in [-0.2, 0) is 6.42 Å². The Morgan fingerprint density at radius 1 is 1.22 bits per heavy atom. The van der Waals surface area contributed by atoms with Crippen LogP contribution in [0.5, 0.6) is 0 Å². The van der Waals surface area contributed by atoms with Crippen molar-refractivity contribution in [1.82, 2.24) is 10.2 Å². The number of hydrogen-bond acceptors (Lipinski definition) is 2. The fraction of sp³-hybridized carbons (Fsp3) is 0.625. The zero-order valence-corrected chi connectivity index (χ0v) is 11.9. The second-order valence-corrected chi connectivity index (χ2v) is 5.65. The van der Waals surface area contributed by atoms with E-state index < -0.39 is 0 Å². The van der Waals surface area contributed by atoms with Gasteiger partial charge >= 0.3 is 0 Å². The molecule has 1 unspecified atom stereocenters. The fourth-order valence-electron chi connectivity index (χ4n) is 2.36. The fourth-order valence-corrected chi connectivity index (χ4v) is 2.36. The van der Waals surface area contributed by atoms with Crippen molar-refractivity contribution in [1.29, 1.82) is 0 Å². The van der Waals surface area contributed by atoms with Crippen LogP contribution in [0.3, 0.4) is 0 Å². The van der Waals surface area contributed by atoms with Crippen LogP contribution >= 0.6 is 0 Å². The Morgan fingerprint density at radius 3 is 2.39 bits per heavy atom. The highest BCUT2D eigenvalue weighted by molar-refractivity contribution is 5.25. The van der Waals surface area contributed by atoms with Gasteiger partial charge in [0.2, 0.25) is 0 Å². The summed E-state index contributed by atoms with van der Waals surface area (Å²) in [7, 11) is 4.33. The summed E-state index contributed by atoms with van der Waals surface area (Å²) in [6.07, 6.45) is 5.12. The smallest absolute Gasteiger partial charge is 0.0466 e. The lowest BCUT2D eigenvalue weighted by molar-refractivity contribution is 0.288. The molecule has 1 aromatic carbocycles. The summed E-state index contributed by atoms with van der Waals surface area (Å²) in [5.74, 6) is 0. The maximum atomic E-state index is 3.63. The van der Waals surface area contributed by atoms with Crippen LogP contribution in [0.15, 0.2) is 24.3 Å². The Labute approximate surface area is 111 Å². The molecule has 2 heteroatoms. The number of aryl methyl sites for hydroxylation is 1. The number of nitrogens with zero attached hydrogens (tertiary/aromatic N) is 1. The third-order valence-electron chi connectivity index (χ3n) is 3.70. The van der Waals surface area contributed by atoms with Gasteiger partial charge in [-0.25, -0.2) is 0 Å². The lowest BCUT2D eigenvalue weighted by Gasteiger charge is -2.25. The van der Waals surface area contributed by atoms with E-state index in [4.69, 9.17) is 0 Å². The van der Waals surface area contributed by atoms with Gasteiger partial charge in [0.05, 0.1) is 0 Å². The molecular weight excluding hydrogens is 220 g/mol. The van der Waals surface area contributed by atoms with Gasteiger partial charge in [0.15, 0.2) is 0 Å². The largest absolute Gasteiger partial charge is 0.312 e. The number of benzene rings is 1. The molecule has 100 valence electrons. The number of hydrogen-bond donors (Lipinski definition) is 1. The van der Waals surface area contributed by atoms with E-state index in [2.05, 4.69) is 55.5 Å². The van der Waals surface area contributed by atoms with Crippen LogP contribution in [0, 0.1) is 0 Å². The van der Waals surface area contributed by atoms with E-state index in [0.29, 0.717) is 6.04 Å². The Morgan fingerprint density at radius 2 is 1.89 bits per heavy atom. The topological polar surface area (TPSA) is 15.3 Å². The summed E-state index contributed by atoms with van der Waals surface area (Å²) in [5.41, 5.74) is 2.88. The van der Waals surface area contributed by atoms with Crippen LogP contribution in [0.2, 0.25) is 0 Å². The predicted octanol–water partition coefficient (Wildman–Crippen LogP) is 2.99. The minimum Gasteiger partial charge on any atom is -0.312 e. The average molecular weight is 246 g/mol. The minimum absolute atomic E-state index is 0.487. The van der Waals surface area contributed by atoms with Crippen molar-refractivity contribution in [2.75, 3.05) is 20.6 Å². The summed E-state index contributed by atoms with van der Waals surface area (Å²) in [6, 6.07) is 10.4. The van der Waals surface area contributed by atoms with E-state index in [-0.39, 0.29) is 0 Å². The lowest BCUT2D eigenvalue weighted by atomic mass is 10.0. The molecular formula is C16H26N2. The summed E-state index contributed by atoms with van der Waals surface area (Å²) in [6.45, 7) is 3.29. The Kier molecular flexibility index (Phi) is 4.79. The molecule has 1 N–H and O–H groups in total. The molecule has 1 aliphatic rings. The van der Waals surface area contributed by atoms with Crippen LogP contribution in [0.25, 0.3) is 0 Å². The minimum atomic E-state index is 0.487. The molecule has 0 spiro atoms. The van der Waals surface area contributed by atoms with Gasteiger partial charge in [-0.2, -0.15) is 0 Å². The van der Waals surface area contributed by atoms with Crippen molar-refractivity contribution in [2.45, 2.75) is 44.7 Å². The highest BCUT2D eigenvalue weighted by Gasteiger charge is 2.23. The lowest BCUT2D eigenvalue weighted by Crippen LogP contribution is -2.32. The molecule has 1 saturated carbocycles. The quantitative estimate of drug-likeness (QED) is 0.795. The molecule has 18 heavy (non-hydrogen) atoms. The molecule has 0 bridgehead atoms. The van der Waals surface area contributed by atoms with E-state index in [1.807, 2.05) is 0 Å². The van der Waals surface area contributed by atoms with Gasteiger partial charge in [-0.3, -0.25) is 0 Å². The molecule has 2 rings (SSSR count). The average Bonchev–Trinajstić information content (AvgIpc) is 3.15. The summed E-state index contributed by atoms with van der Waals surface area (Å²) in [5, 5.41) is 3.63. The predicted molar refractivity (Wildman–Crippen MR) is 77.9 cm³/mol. The van der Waals surface area contributed by atoms with Crippen LogP contribution in [-0.4, -0.2) is 31.6 Å². The third kappa shape index (κ3) is 3.82. The zero-order valence-electron chi connectivity index (χ0n) is 11.9. The maximum Gasteiger partial charge on any atom is 0.0466 e. The van der Waals surface area contributed by atoms with Crippen molar-refractivity contribution in [3.05, 3.63) is 35.4 Å². The molecule has 1 atom stereocenters. The second-order valence-electron chi connectivity index (χ2n) is 5.65. The number of nitrogens with one attached hydrogen (secondary N) is 1. The Balaban J connectivity index is 1.99. The second kappa shape index (κ2) is 6.35. The molecule has 0 aromatic heterocycles. The molecule has 1 fully saturated rings. The first-order chi connectivity index (χ1) is 8.70. The number of likely N-dealkylation sites (N-methyl/N-ethyl adjacent to an activating group) is 1. The molecule has 0 aliphatic heterocycles. The summed E-state index contributed by atoms with van der Waals surface area (Å²) >= 11 is 0. The van der Waals surface area contributed by atoms with E-state index in [1.54, 1.807) is 0 Å². The SMILES string of the molecule is CCCc1ccc(C(CNC2CC2)N(C)C)cc1. The normalized spacial score (nSPS) is 17.1. The van der Waals surface area contributed by atoms with Gasteiger partial charge in [-0.15, -0.1) is 0 Å². The van der Waals surface area contributed by atoms with Gasteiger partial charge < -0.3 is 10.2 Å². The molecule has 0 saturated heterocycles. The Hall–Kier alpha value is -0.860. The highest BCUT2D eigenvalue weighted by Crippen LogP contribution is 2.22. The highest BCUT2D eigenvalue weighted by atomic mass is 15.1. The van der Waals surface area contributed by atoms with Crippen molar-refractivity contribution in [3.8, 4) is 0 Å². The molecule has 0 amide bonds. The van der Waals surface area contributed by atoms with E-state index in [1.165, 1.54) is 36.8 Å².